The van der Waals surface area contributed by atoms with Gasteiger partial charge in [-0.1, -0.05) is 29.8 Å². The number of carbonyl (C=O) groups excluding carboxylic acids is 1. The molecule has 1 fully saturated rings. The minimum absolute atomic E-state index is 0.139. The van der Waals surface area contributed by atoms with Gasteiger partial charge in [0.1, 0.15) is 5.82 Å². The number of hydrogen-bond donors (Lipinski definition) is 1. The summed E-state index contributed by atoms with van der Waals surface area (Å²) >= 11 is 5.87. The number of halogens is 1. The summed E-state index contributed by atoms with van der Waals surface area (Å²) in [5.41, 5.74) is 2.61. The molecular weight excluding hydrogens is 384 g/mol. The summed E-state index contributed by atoms with van der Waals surface area (Å²) < 4.78 is 0. The van der Waals surface area contributed by atoms with Crippen molar-refractivity contribution >= 4 is 29.0 Å². The van der Waals surface area contributed by atoms with Gasteiger partial charge in [0.25, 0.3) is 5.91 Å². The van der Waals surface area contributed by atoms with Gasteiger partial charge >= 0.3 is 0 Å². The Morgan fingerprint density at radius 3 is 2.31 bits per heavy atom. The average molecular weight is 407 g/mol. The molecule has 6 heteroatoms. The second-order valence-corrected chi connectivity index (χ2v) is 7.55. The molecule has 4 rings (SSSR count). The number of amides is 1. The number of piperazine rings is 1. The van der Waals surface area contributed by atoms with E-state index < -0.39 is 0 Å². The highest BCUT2D eigenvalue weighted by Crippen LogP contribution is 2.17. The SMILES string of the molecule is O=C(Nc1ccc(CN2CCN(c3ccccn3)CC2)cc1)c1ccc(Cl)cc1. The summed E-state index contributed by atoms with van der Waals surface area (Å²) in [6, 6.07) is 21.0. The van der Waals surface area contributed by atoms with Crippen LogP contribution in [-0.4, -0.2) is 42.0 Å². The second-order valence-electron chi connectivity index (χ2n) is 7.11. The van der Waals surface area contributed by atoms with Gasteiger partial charge in [0.2, 0.25) is 0 Å². The van der Waals surface area contributed by atoms with Gasteiger partial charge in [-0.3, -0.25) is 9.69 Å². The predicted molar refractivity (Wildman–Crippen MR) is 118 cm³/mol. The van der Waals surface area contributed by atoms with E-state index in [0.29, 0.717) is 10.6 Å². The normalized spacial score (nSPS) is 14.6. The summed E-state index contributed by atoms with van der Waals surface area (Å²) in [5.74, 6) is 0.910. The molecule has 0 atom stereocenters. The van der Waals surface area contributed by atoms with Crippen molar-refractivity contribution in [2.45, 2.75) is 6.54 Å². The van der Waals surface area contributed by atoms with E-state index >= 15 is 0 Å². The molecule has 1 aliphatic heterocycles. The van der Waals surface area contributed by atoms with Gasteiger partial charge in [0.15, 0.2) is 0 Å². The molecule has 2 aromatic carbocycles. The number of aromatic nitrogens is 1. The van der Waals surface area contributed by atoms with Crippen LogP contribution < -0.4 is 10.2 Å². The first kappa shape index (κ1) is 19.4. The Morgan fingerprint density at radius 1 is 0.931 bits per heavy atom. The van der Waals surface area contributed by atoms with Gasteiger partial charge in [-0.25, -0.2) is 4.98 Å². The lowest BCUT2D eigenvalue weighted by Gasteiger charge is -2.35. The van der Waals surface area contributed by atoms with Crippen molar-refractivity contribution in [2.24, 2.45) is 0 Å². The quantitative estimate of drug-likeness (QED) is 0.686. The molecule has 1 saturated heterocycles. The molecule has 5 nitrogen and oxygen atoms in total. The number of anilines is 2. The summed E-state index contributed by atoms with van der Waals surface area (Å²) in [5, 5.41) is 3.54. The van der Waals surface area contributed by atoms with E-state index in [2.05, 4.69) is 38.3 Å². The molecule has 0 saturated carbocycles. The third kappa shape index (κ3) is 5.13. The van der Waals surface area contributed by atoms with E-state index in [-0.39, 0.29) is 5.91 Å². The molecular formula is C23H23ClN4O. The molecule has 0 unspecified atom stereocenters. The van der Waals surface area contributed by atoms with Crippen LogP contribution in [0.1, 0.15) is 15.9 Å². The number of benzene rings is 2. The lowest BCUT2D eigenvalue weighted by Crippen LogP contribution is -2.46. The first-order valence-electron chi connectivity index (χ1n) is 9.71. The smallest absolute Gasteiger partial charge is 0.255 e. The molecule has 1 aromatic heterocycles. The molecule has 148 valence electrons. The van der Waals surface area contributed by atoms with Crippen molar-refractivity contribution in [1.82, 2.24) is 9.88 Å². The molecule has 2 heterocycles. The van der Waals surface area contributed by atoms with E-state index in [1.165, 1.54) is 5.56 Å². The monoisotopic (exact) mass is 406 g/mol. The van der Waals surface area contributed by atoms with Crippen molar-refractivity contribution in [1.29, 1.82) is 0 Å². The standard InChI is InChI=1S/C23H23ClN4O/c24-20-8-6-19(7-9-20)23(29)26-21-10-4-18(5-11-21)17-27-13-15-28(16-14-27)22-3-1-2-12-25-22/h1-12H,13-17H2,(H,26,29). The fourth-order valence-electron chi connectivity index (χ4n) is 3.43. The summed E-state index contributed by atoms with van der Waals surface area (Å²) in [4.78, 5) is 21.5. The van der Waals surface area contributed by atoms with E-state index in [1.54, 1.807) is 24.3 Å². The van der Waals surface area contributed by atoms with Crippen LogP contribution in [0.25, 0.3) is 0 Å². The second kappa shape index (κ2) is 9.07. The van der Waals surface area contributed by atoms with Gasteiger partial charge in [-0.2, -0.15) is 0 Å². The number of carbonyl (C=O) groups is 1. The molecule has 29 heavy (non-hydrogen) atoms. The predicted octanol–water partition coefficient (Wildman–Crippen LogP) is 4.31. The van der Waals surface area contributed by atoms with Crippen LogP contribution >= 0.6 is 11.6 Å². The van der Waals surface area contributed by atoms with Gasteiger partial charge in [0, 0.05) is 55.2 Å². The Kier molecular flexibility index (Phi) is 6.08. The zero-order valence-corrected chi connectivity index (χ0v) is 16.8. The Balaban J connectivity index is 1.28. The largest absolute Gasteiger partial charge is 0.354 e. The Hall–Kier alpha value is -2.89. The van der Waals surface area contributed by atoms with Gasteiger partial charge in [0.05, 0.1) is 0 Å². The van der Waals surface area contributed by atoms with E-state index in [1.807, 2.05) is 30.5 Å². The topological polar surface area (TPSA) is 48.5 Å². The van der Waals surface area contributed by atoms with Crippen molar-refractivity contribution in [3.05, 3.63) is 89.1 Å². The Bertz CT molecular complexity index is 937. The van der Waals surface area contributed by atoms with Gasteiger partial charge in [-0.15, -0.1) is 0 Å². The van der Waals surface area contributed by atoms with Crippen LogP contribution in [0.5, 0.6) is 0 Å². The van der Waals surface area contributed by atoms with Crippen LogP contribution in [0, 0.1) is 0 Å². The van der Waals surface area contributed by atoms with E-state index in [9.17, 15) is 4.79 Å². The first-order valence-corrected chi connectivity index (χ1v) is 10.1. The Morgan fingerprint density at radius 2 is 1.66 bits per heavy atom. The van der Waals surface area contributed by atoms with Crippen LogP contribution in [0.3, 0.4) is 0 Å². The van der Waals surface area contributed by atoms with Crippen molar-refractivity contribution in [3.63, 3.8) is 0 Å². The highest BCUT2D eigenvalue weighted by atomic mass is 35.5. The minimum Gasteiger partial charge on any atom is -0.354 e. The zero-order chi connectivity index (χ0) is 20.1. The molecule has 3 aromatic rings. The van der Waals surface area contributed by atoms with Crippen molar-refractivity contribution < 1.29 is 4.79 Å². The van der Waals surface area contributed by atoms with Gasteiger partial charge < -0.3 is 10.2 Å². The molecule has 0 aliphatic carbocycles. The van der Waals surface area contributed by atoms with Crippen LogP contribution in [0.15, 0.2) is 72.9 Å². The summed E-state index contributed by atoms with van der Waals surface area (Å²) in [6.45, 7) is 4.87. The minimum atomic E-state index is -0.139. The number of hydrogen-bond acceptors (Lipinski definition) is 4. The molecule has 1 aliphatic rings. The number of rotatable bonds is 5. The maximum atomic E-state index is 12.3. The van der Waals surface area contributed by atoms with Crippen molar-refractivity contribution in [3.8, 4) is 0 Å². The summed E-state index contributed by atoms with van der Waals surface area (Å²) in [7, 11) is 0. The zero-order valence-electron chi connectivity index (χ0n) is 16.1. The molecule has 1 amide bonds. The highest BCUT2D eigenvalue weighted by molar-refractivity contribution is 6.30. The maximum Gasteiger partial charge on any atom is 0.255 e. The first-order chi connectivity index (χ1) is 14.2. The average Bonchev–Trinajstić information content (AvgIpc) is 2.77. The highest BCUT2D eigenvalue weighted by Gasteiger charge is 2.17. The molecule has 0 spiro atoms. The van der Waals surface area contributed by atoms with Crippen molar-refractivity contribution in [2.75, 3.05) is 36.4 Å². The number of pyridine rings is 1. The number of nitrogens with one attached hydrogen (secondary N) is 1. The lowest BCUT2D eigenvalue weighted by molar-refractivity contribution is 0.102. The number of nitrogens with zero attached hydrogens (tertiary/aromatic N) is 3. The third-order valence-electron chi connectivity index (χ3n) is 5.07. The van der Waals surface area contributed by atoms with Crippen LogP contribution in [0.2, 0.25) is 5.02 Å². The third-order valence-corrected chi connectivity index (χ3v) is 5.32. The van der Waals surface area contributed by atoms with Crippen LogP contribution in [-0.2, 0) is 6.54 Å². The molecule has 0 radical (unpaired) electrons. The fourth-order valence-corrected chi connectivity index (χ4v) is 3.56. The van der Waals surface area contributed by atoms with E-state index in [4.69, 9.17) is 11.6 Å². The fraction of sp³-hybridized carbons (Fsp3) is 0.217. The lowest BCUT2D eigenvalue weighted by atomic mass is 10.1. The van der Waals surface area contributed by atoms with Gasteiger partial charge in [-0.05, 0) is 54.1 Å². The van der Waals surface area contributed by atoms with E-state index in [0.717, 1.165) is 44.2 Å². The van der Waals surface area contributed by atoms with Crippen LogP contribution in [0.4, 0.5) is 11.5 Å². The molecule has 0 bridgehead atoms. The molecule has 1 N–H and O–H groups in total. The maximum absolute atomic E-state index is 12.3. The summed E-state index contributed by atoms with van der Waals surface area (Å²) in [6.07, 6.45) is 1.84. The Labute approximate surface area is 175 Å².